The Morgan fingerprint density at radius 1 is 1.18 bits per heavy atom. The van der Waals surface area contributed by atoms with E-state index in [0.717, 1.165) is 26.2 Å². The highest BCUT2D eigenvalue weighted by atomic mass is 16.6. The number of amides is 1. The molecule has 2 N–H and O–H groups in total. The van der Waals surface area contributed by atoms with Crippen LogP contribution in [-0.4, -0.2) is 77.9 Å². The third kappa shape index (κ3) is 4.58. The van der Waals surface area contributed by atoms with Crippen molar-refractivity contribution in [1.82, 2.24) is 15.1 Å². The number of carbonyl (C=O) groups excluding carboxylic acids is 1. The summed E-state index contributed by atoms with van der Waals surface area (Å²) in [6, 6.07) is 0.0875. The Balaban J connectivity index is 2.05. The van der Waals surface area contributed by atoms with E-state index in [-0.39, 0.29) is 12.6 Å². The summed E-state index contributed by atoms with van der Waals surface area (Å²) >= 11 is 0. The second-order valence-electron chi connectivity index (χ2n) is 7.10. The van der Waals surface area contributed by atoms with Crippen LogP contribution in [0.1, 0.15) is 27.2 Å². The number of aliphatic carboxylic acids is 1. The van der Waals surface area contributed by atoms with Crippen LogP contribution in [0.3, 0.4) is 0 Å². The zero-order valence-corrected chi connectivity index (χ0v) is 13.7. The zero-order chi connectivity index (χ0) is 16.3. The molecule has 0 bridgehead atoms. The fourth-order valence-electron chi connectivity index (χ4n) is 3.04. The lowest BCUT2D eigenvalue weighted by atomic mass is 9.93. The van der Waals surface area contributed by atoms with Crippen LogP contribution in [0.25, 0.3) is 0 Å². The van der Waals surface area contributed by atoms with E-state index >= 15 is 0 Å². The molecule has 2 saturated heterocycles. The molecule has 0 aliphatic carbocycles. The minimum Gasteiger partial charge on any atom is -0.481 e. The summed E-state index contributed by atoms with van der Waals surface area (Å²) in [5.41, 5.74) is -0.572. The van der Waals surface area contributed by atoms with Crippen LogP contribution < -0.4 is 5.32 Å². The van der Waals surface area contributed by atoms with E-state index in [2.05, 4.69) is 10.2 Å². The summed E-state index contributed by atoms with van der Waals surface area (Å²) in [6.07, 6.45) is 0.174. The van der Waals surface area contributed by atoms with Gasteiger partial charge in [0.25, 0.3) is 0 Å². The molecule has 22 heavy (non-hydrogen) atoms. The smallest absolute Gasteiger partial charge is 0.410 e. The minimum atomic E-state index is -0.839. The minimum absolute atomic E-state index is 0.0875. The molecule has 0 aromatic rings. The largest absolute Gasteiger partial charge is 0.481 e. The SMILES string of the molecule is CC(C)(C)OC(=O)N1CC(C(=O)O)CC(N2CCNCC2)C1. The molecule has 0 aromatic carbocycles. The summed E-state index contributed by atoms with van der Waals surface area (Å²) in [7, 11) is 0. The highest BCUT2D eigenvalue weighted by Gasteiger charge is 2.38. The molecule has 0 radical (unpaired) electrons. The molecule has 7 heteroatoms. The van der Waals surface area contributed by atoms with E-state index in [1.54, 1.807) is 4.90 Å². The van der Waals surface area contributed by atoms with Crippen molar-refractivity contribution in [2.75, 3.05) is 39.3 Å². The second-order valence-corrected chi connectivity index (χ2v) is 7.10. The number of likely N-dealkylation sites (tertiary alicyclic amines) is 1. The summed E-state index contributed by atoms with van der Waals surface area (Å²) in [6.45, 7) is 9.80. The van der Waals surface area contributed by atoms with Gasteiger partial charge in [0.15, 0.2) is 0 Å². The molecule has 2 aliphatic heterocycles. The molecule has 0 aromatic heterocycles. The van der Waals surface area contributed by atoms with Gasteiger partial charge in [-0.2, -0.15) is 0 Å². The number of piperidine rings is 1. The molecular formula is C15H27N3O4. The predicted molar refractivity (Wildman–Crippen MR) is 81.8 cm³/mol. The lowest BCUT2D eigenvalue weighted by Gasteiger charge is -2.43. The third-order valence-electron chi connectivity index (χ3n) is 4.10. The molecule has 126 valence electrons. The van der Waals surface area contributed by atoms with Crippen LogP contribution in [0.4, 0.5) is 4.79 Å². The van der Waals surface area contributed by atoms with Gasteiger partial charge in [0.1, 0.15) is 5.60 Å². The van der Waals surface area contributed by atoms with Crippen LogP contribution in [0.2, 0.25) is 0 Å². The number of carboxylic acid groups (broad SMARTS) is 1. The molecule has 1 amide bonds. The Labute approximate surface area is 131 Å². The molecule has 2 aliphatic rings. The van der Waals surface area contributed by atoms with Crippen molar-refractivity contribution >= 4 is 12.1 Å². The number of rotatable bonds is 2. The normalized spacial score (nSPS) is 27.5. The fourth-order valence-corrected chi connectivity index (χ4v) is 3.04. The number of hydrogen-bond donors (Lipinski definition) is 2. The van der Waals surface area contributed by atoms with Gasteiger partial charge in [-0.25, -0.2) is 4.79 Å². The third-order valence-corrected chi connectivity index (χ3v) is 4.10. The first-order chi connectivity index (χ1) is 10.3. The van der Waals surface area contributed by atoms with Crippen molar-refractivity contribution in [2.45, 2.75) is 38.8 Å². The van der Waals surface area contributed by atoms with Gasteiger partial charge in [0, 0.05) is 45.3 Å². The van der Waals surface area contributed by atoms with Gasteiger partial charge in [0.05, 0.1) is 5.92 Å². The van der Waals surface area contributed by atoms with E-state index in [9.17, 15) is 14.7 Å². The lowest BCUT2D eigenvalue weighted by molar-refractivity contribution is -0.144. The average molecular weight is 313 g/mol. The molecule has 2 unspecified atom stereocenters. The van der Waals surface area contributed by atoms with Gasteiger partial charge >= 0.3 is 12.1 Å². The molecule has 0 spiro atoms. The van der Waals surface area contributed by atoms with Gasteiger partial charge in [0.2, 0.25) is 0 Å². The average Bonchev–Trinajstić information content (AvgIpc) is 2.46. The number of hydrogen-bond acceptors (Lipinski definition) is 5. The summed E-state index contributed by atoms with van der Waals surface area (Å²) in [5.74, 6) is -1.37. The van der Waals surface area contributed by atoms with Gasteiger partial charge in [-0.05, 0) is 27.2 Å². The van der Waals surface area contributed by atoms with E-state index in [1.165, 1.54) is 0 Å². The predicted octanol–water partition coefficient (Wildman–Crippen LogP) is 0.602. The topological polar surface area (TPSA) is 82.1 Å². The summed E-state index contributed by atoms with van der Waals surface area (Å²) in [5, 5.41) is 12.7. The number of ether oxygens (including phenoxy) is 1. The maximum absolute atomic E-state index is 12.3. The first-order valence-electron chi connectivity index (χ1n) is 7.92. The van der Waals surface area contributed by atoms with Crippen molar-refractivity contribution in [3.05, 3.63) is 0 Å². The molecule has 7 nitrogen and oxygen atoms in total. The lowest BCUT2D eigenvalue weighted by Crippen LogP contribution is -2.58. The Morgan fingerprint density at radius 2 is 1.82 bits per heavy atom. The van der Waals surface area contributed by atoms with E-state index in [1.807, 2.05) is 20.8 Å². The van der Waals surface area contributed by atoms with Crippen molar-refractivity contribution in [1.29, 1.82) is 0 Å². The van der Waals surface area contributed by atoms with E-state index in [4.69, 9.17) is 4.74 Å². The standard InChI is InChI=1S/C15H27N3O4/c1-15(2,3)22-14(21)18-9-11(13(19)20)8-12(10-18)17-6-4-16-5-7-17/h11-12,16H,4-10H2,1-3H3,(H,19,20). The highest BCUT2D eigenvalue weighted by molar-refractivity contribution is 5.73. The van der Waals surface area contributed by atoms with Crippen molar-refractivity contribution in [3.63, 3.8) is 0 Å². The van der Waals surface area contributed by atoms with Crippen LogP contribution in [-0.2, 0) is 9.53 Å². The van der Waals surface area contributed by atoms with Crippen molar-refractivity contribution < 1.29 is 19.4 Å². The summed E-state index contributed by atoms with van der Waals surface area (Å²) < 4.78 is 5.40. The van der Waals surface area contributed by atoms with Crippen molar-refractivity contribution in [2.24, 2.45) is 5.92 Å². The monoisotopic (exact) mass is 313 g/mol. The van der Waals surface area contributed by atoms with Crippen molar-refractivity contribution in [3.8, 4) is 0 Å². The Morgan fingerprint density at radius 3 is 2.36 bits per heavy atom. The van der Waals surface area contributed by atoms with Gasteiger partial charge in [-0.15, -0.1) is 0 Å². The maximum Gasteiger partial charge on any atom is 0.410 e. The molecule has 2 rings (SSSR count). The van der Waals surface area contributed by atoms with Gasteiger partial charge in [-0.3, -0.25) is 9.69 Å². The Bertz CT molecular complexity index is 416. The molecular weight excluding hydrogens is 286 g/mol. The highest BCUT2D eigenvalue weighted by Crippen LogP contribution is 2.23. The zero-order valence-electron chi connectivity index (χ0n) is 13.7. The molecule has 2 heterocycles. The second kappa shape index (κ2) is 6.83. The maximum atomic E-state index is 12.3. The molecule has 2 atom stereocenters. The quantitative estimate of drug-likeness (QED) is 0.777. The van der Waals surface area contributed by atoms with E-state index in [0.29, 0.717) is 13.0 Å². The Kier molecular flexibility index (Phi) is 5.28. The Hall–Kier alpha value is -1.34. The number of carboxylic acids is 1. The molecule has 2 fully saturated rings. The van der Waals surface area contributed by atoms with Crippen LogP contribution in [0, 0.1) is 5.92 Å². The van der Waals surface area contributed by atoms with Gasteiger partial charge < -0.3 is 20.1 Å². The van der Waals surface area contributed by atoms with E-state index < -0.39 is 23.6 Å². The number of nitrogens with zero attached hydrogens (tertiary/aromatic N) is 2. The van der Waals surface area contributed by atoms with Gasteiger partial charge in [-0.1, -0.05) is 0 Å². The number of nitrogens with one attached hydrogen (secondary N) is 1. The molecule has 0 saturated carbocycles. The van der Waals surface area contributed by atoms with Crippen LogP contribution in [0.5, 0.6) is 0 Å². The van der Waals surface area contributed by atoms with Crippen LogP contribution in [0.15, 0.2) is 0 Å². The van der Waals surface area contributed by atoms with Crippen LogP contribution >= 0.6 is 0 Å². The number of carbonyl (C=O) groups is 2. The first kappa shape index (κ1) is 17.0. The fraction of sp³-hybridized carbons (Fsp3) is 0.867. The first-order valence-corrected chi connectivity index (χ1v) is 7.92. The summed E-state index contributed by atoms with van der Waals surface area (Å²) in [4.78, 5) is 27.6. The number of piperazine rings is 1.